The second-order valence-electron chi connectivity index (χ2n) is 3.86. The van der Waals surface area contributed by atoms with Crippen molar-refractivity contribution in [1.29, 1.82) is 0 Å². The minimum absolute atomic E-state index is 0.0749. The molecule has 0 aromatic rings. The molecule has 2 N–H and O–H groups in total. The van der Waals surface area contributed by atoms with Crippen LogP contribution in [0.15, 0.2) is 11.3 Å². The van der Waals surface area contributed by atoms with Gasteiger partial charge in [0.15, 0.2) is 0 Å². The number of amides is 1. The number of nitrogens with two attached hydrogens (primary N) is 1. The highest BCUT2D eigenvalue weighted by Crippen LogP contribution is 2.43. The van der Waals surface area contributed by atoms with Gasteiger partial charge in [0.1, 0.15) is 23.2 Å². The molecule has 0 aliphatic carbocycles. The van der Waals surface area contributed by atoms with E-state index in [-0.39, 0.29) is 23.4 Å². The van der Waals surface area contributed by atoms with Crippen LogP contribution in [-0.4, -0.2) is 40.0 Å². The second-order valence-corrected chi connectivity index (χ2v) is 4.96. The van der Waals surface area contributed by atoms with Gasteiger partial charge in [-0.15, -0.1) is 11.8 Å². The van der Waals surface area contributed by atoms with Crippen molar-refractivity contribution in [1.82, 2.24) is 4.90 Å². The Kier molecular flexibility index (Phi) is 1.70. The van der Waals surface area contributed by atoms with Gasteiger partial charge in [0.2, 0.25) is 5.91 Å². The van der Waals surface area contributed by atoms with Gasteiger partial charge in [0, 0.05) is 11.3 Å². The highest BCUT2D eigenvalue weighted by molar-refractivity contribution is 8.00. The van der Waals surface area contributed by atoms with E-state index in [1.165, 1.54) is 4.90 Å². The topological polar surface area (TPSA) is 72.6 Å². The lowest BCUT2D eigenvalue weighted by molar-refractivity contribution is -0.149. The van der Waals surface area contributed by atoms with Crippen molar-refractivity contribution in [2.24, 2.45) is 5.73 Å². The lowest BCUT2D eigenvalue weighted by atomic mass is 10.0. The van der Waals surface area contributed by atoms with Crippen LogP contribution < -0.4 is 5.73 Å². The maximum atomic E-state index is 11.5. The molecule has 0 radical (unpaired) electrons. The first-order valence-electron chi connectivity index (χ1n) is 4.75. The predicted octanol–water partition coefficient (Wildman–Crippen LogP) is -0.572. The molecule has 5 nitrogen and oxygen atoms in total. The van der Waals surface area contributed by atoms with Gasteiger partial charge in [-0.25, -0.2) is 4.79 Å². The smallest absolute Gasteiger partial charge is 0.355 e. The number of nitrogens with zero attached hydrogens (tertiary/aromatic N) is 1. The van der Waals surface area contributed by atoms with E-state index in [2.05, 4.69) is 0 Å². The zero-order valence-corrected chi connectivity index (χ0v) is 8.91. The van der Waals surface area contributed by atoms with Crippen LogP contribution in [0.2, 0.25) is 0 Å². The van der Waals surface area contributed by atoms with Gasteiger partial charge in [0.05, 0.1) is 0 Å². The molecule has 0 saturated carbocycles. The summed E-state index contributed by atoms with van der Waals surface area (Å²) in [4.78, 5) is 24.6. The molecular weight excluding hydrogens is 216 g/mol. The Morgan fingerprint density at radius 1 is 1.53 bits per heavy atom. The molecule has 15 heavy (non-hydrogen) atoms. The van der Waals surface area contributed by atoms with Crippen molar-refractivity contribution < 1.29 is 14.3 Å². The molecule has 3 aliphatic rings. The van der Waals surface area contributed by atoms with E-state index in [1.54, 1.807) is 11.8 Å². The molecule has 1 unspecified atom stereocenters. The summed E-state index contributed by atoms with van der Waals surface area (Å²) in [5.74, 6) is 0.165. The molecule has 1 amide bonds. The van der Waals surface area contributed by atoms with Crippen LogP contribution in [-0.2, 0) is 14.3 Å². The van der Waals surface area contributed by atoms with E-state index in [0.29, 0.717) is 5.70 Å². The molecule has 80 valence electrons. The Morgan fingerprint density at radius 2 is 2.27 bits per heavy atom. The van der Waals surface area contributed by atoms with Crippen LogP contribution in [0, 0.1) is 0 Å². The number of hydrogen-bond donors (Lipinski definition) is 1. The first-order chi connectivity index (χ1) is 7.11. The first kappa shape index (κ1) is 9.23. The maximum absolute atomic E-state index is 11.5. The zero-order valence-electron chi connectivity index (χ0n) is 8.10. The van der Waals surface area contributed by atoms with Crippen LogP contribution in [0.4, 0.5) is 0 Å². The molecule has 3 atom stereocenters. The van der Waals surface area contributed by atoms with Gasteiger partial charge in [-0.2, -0.15) is 0 Å². The molecule has 0 bridgehead atoms. The van der Waals surface area contributed by atoms with Gasteiger partial charge in [-0.05, 0) is 6.92 Å². The number of carbonyl (C=O) groups excluding carboxylic acids is 2. The van der Waals surface area contributed by atoms with Crippen molar-refractivity contribution in [3.8, 4) is 0 Å². The van der Waals surface area contributed by atoms with Crippen LogP contribution in [0.1, 0.15) is 6.92 Å². The van der Waals surface area contributed by atoms with Crippen molar-refractivity contribution in [3.05, 3.63) is 11.3 Å². The van der Waals surface area contributed by atoms with Crippen LogP contribution in [0.3, 0.4) is 0 Å². The summed E-state index contributed by atoms with van der Waals surface area (Å²) in [6.45, 7) is 1.82. The molecule has 0 aromatic carbocycles. The molecule has 0 aromatic heterocycles. The molecule has 6 heteroatoms. The summed E-state index contributed by atoms with van der Waals surface area (Å²) in [7, 11) is 0. The van der Waals surface area contributed by atoms with Gasteiger partial charge < -0.3 is 10.5 Å². The number of carbonyl (C=O) groups is 2. The minimum atomic E-state index is -0.465. The first-order valence-corrected chi connectivity index (χ1v) is 5.80. The third kappa shape index (κ3) is 0.981. The van der Waals surface area contributed by atoms with Gasteiger partial charge in [-0.1, -0.05) is 0 Å². The monoisotopic (exact) mass is 226 g/mol. The fourth-order valence-electron chi connectivity index (χ4n) is 2.13. The van der Waals surface area contributed by atoms with Crippen molar-refractivity contribution in [2.45, 2.75) is 24.4 Å². The molecule has 3 rings (SSSR count). The summed E-state index contributed by atoms with van der Waals surface area (Å²) >= 11 is 1.60. The van der Waals surface area contributed by atoms with Crippen LogP contribution in [0.25, 0.3) is 0 Å². The Labute approximate surface area is 90.6 Å². The van der Waals surface area contributed by atoms with E-state index in [4.69, 9.17) is 10.5 Å². The number of thioether (sulfide) groups is 1. The quantitative estimate of drug-likeness (QED) is 0.442. The Morgan fingerprint density at radius 3 is 3.00 bits per heavy atom. The molecule has 3 aliphatic heterocycles. The third-order valence-electron chi connectivity index (χ3n) is 3.01. The van der Waals surface area contributed by atoms with Crippen LogP contribution >= 0.6 is 11.8 Å². The standard InChI is InChI=1S/C9H10N2O3S/c1-3-4-2-15-8-5(10)7(12)11(8)6(4)9(13)14-3/h3,5,8H,2,10H2,1H3/t3?,5-,8-/m1/s1. The fraction of sp³-hybridized carbons (Fsp3) is 0.556. The van der Waals surface area contributed by atoms with Crippen LogP contribution in [0.5, 0.6) is 0 Å². The zero-order chi connectivity index (χ0) is 10.7. The molecular formula is C9H10N2O3S. The van der Waals surface area contributed by atoms with E-state index < -0.39 is 6.04 Å². The fourth-order valence-corrected chi connectivity index (χ4v) is 3.53. The minimum Gasteiger partial charge on any atom is -0.453 e. The number of esters is 1. The normalized spacial score (nSPS) is 38.5. The predicted molar refractivity (Wildman–Crippen MR) is 53.6 cm³/mol. The van der Waals surface area contributed by atoms with Crippen molar-refractivity contribution in [2.75, 3.05) is 5.75 Å². The Balaban J connectivity index is 2.03. The number of β-lactam (4-membered cyclic amide) rings is 1. The molecule has 1 saturated heterocycles. The largest absolute Gasteiger partial charge is 0.453 e. The second kappa shape index (κ2) is 2.76. The van der Waals surface area contributed by atoms with E-state index in [9.17, 15) is 9.59 Å². The summed E-state index contributed by atoms with van der Waals surface area (Å²) in [6, 6.07) is -0.465. The summed E-state index contributed by atoms with van der Waals surface area (Å²) in [5, 5.41) is -0.0749. The van der Waals surface area contributed by atoms with Gasteiger partial charge in [0.25, 0.3) is 0 Å². The van der Waals surface area contributed by atoms with Crippen molar-refractivity contribution >= 4 is 23.6 Å². The Bertz CT molecular complexity index is 406. The average Bonchev–Trinajstić information content (AvgIpc) is 2.52. The number of ether oxygens (including phenoxy) is 1. The highest BCUT2D eigenvalue weighted by atomic mass is 32.2. The average molecular weight is 226 g/mol. The maximum Gasteiger partial charge on any atom is 0.355 e. The lowest BCUT2D eigenvalue weighted by Crippen LogP contribution is -2.68. The third-order valence-corrected chi connectivity index (χ3v) is 4.33. The molecule has 0 spiro atoms. The summed E-state index contributed by atoms with van der Waals surface area (Å²) in [5.41, 5.74) is 7.01. The molecule has 1 fully saturated rings. The number of hydrogen-bond acceptors (Lipinski definition) is 5. The van der Waals surface area contributed by atoms with E-state index in [0.717, 1.165) is 11.3 Å². The molecule has 3 heterocycles. The van der Waals surface area contributed by atoms with Crippen molar-refractivity contribution in [3.63, 3.8) is 0 Å². The SMILES string of the molecule is CC1OC(=O)C2=C1CS[C@@H]1[C@H](N)C(=O)N21. The summed E-state index contributed by atoms with van der Waals surface area (Å²) in [6.07, 6.45) is -0.203. The van der Waals surface area contributed by atoms with E-state index >= 15 is 0 Å². The summed E-state index contributed by atoms with van der Waals surface area (Å²) < 4.78 is 5.08. The highest BCUT2D eigenvalue weighted by Gasteiger charge is 2.54. The van der Waals surface area contributed by atoms with E-state index in [1.807, 2.05) is 6.92 Å². The van der Waals surface area contributed by atoms with Gasteiger partial charge >= 0.3 is 5.97 Å². The number of cyclic esters (lactones) is 1. The number of rotatable bonds is 0. The Hall–Kier alpha value is -1.01. The lowest BCUT2D eigenvalue weighted by Gasteiger charge is -2.46. The number of fused-ring (bicyclic) bond motifs is 2. The van der Waals surface area contributed by atoms with Gasteiger partial charge in [-0.3, -0.25) is 9.69 Å².